The van der Waals surface area contributed by atoms with Gasteiger partial charge in [0, 0.05) is 37.1 Å². The number of rotatable bonds is 2. The Morgan fingerprint density at radius 2 is 1.24 bits per heavy atom. The fourth-order valence-electron chi connectivity index (χ4n) is 4.29. The van der Waals surface area contributed by atoms with Crippen LogP contribution in [0.4, 0.5) is 17.6 Å². The molecule has 0 bridgehead atoms. The Hall–Kier alpha value is -3.83. The van der Waals surface area contributed by atoms with E-state index >= 15 is 4.39 Å². The summed E-state index contributed by atoms with van der Waals surface area (Å²) in [5, 5.41) is -0.507. The van der Waals surface area contributed by atoms with Gasteiger partial charge in [0.25, 0.3) is 0 Å². The average molecular weight is 557 g/mol. The van der Waals surface area contributed by atoms with E-state index in [4.69, 9.17) is 42.1 Å². The molecule has 3 aromatic rings. The minimum absolute atomic E-state index is 0.220. The minimum atomic E-state index is -2.49. The number of esters is 3. The van der Waals surface area contributed by atoms with Gasteiger partial charge in [0.2, 0.25) is 0 Å². The van der Waals surface area contributed by atoms with E-state index in [1.807, 2.05) is 0 Å². The minimum Gasteiger partial charge on any atom is -0.456 e. The van der Waals surface area contributed by atoms with Crippen LogP contribution in [0.3, 0.4) is 0 Å². The van der Waals surface area contributed by atoms with Crippen molar-refractivity contribution in [3.63, 3.8) is 0 Å². The molecule has 0 aliphatic carbocycles. The van der Waals surface area contributed by atoms with E-state index in [9.17, 15) is 27.6 Å². The zero-order valence-electron chi connectivity index (χ0n) is 18.4. The molecule has 5 rings (SSSR count). The highest BCUT2D eigenvalue weighted by atomic mass is 35.5. The first-order valence-electron chi connectivity index (χ1n) is 10.2. The molecule has 2 aliphatic heterocycles. The zero-order chi connectivity index (χ0) is 27.0. The van der Waals surface area contributed by atoms with E-state index < -0.39 is 57.9 Å². The Balaban J connectivity index is 1.91. The maximum absolute atomic E-state index is 15.4. The molecular formula is C24H10Cl2F4O7. The first-order chi connectivity index (χ1) is 17.4. The van der Waals surface area contributed by atoms with Gasteiger partial charge in [-0.05, 0) is 12.1 Å². The second-order valence-electron chi connectivity index (χ2n) is 7.92. The van der Waals surface area contributed by atoms with Crippen LogP contribution in [0.15, 0.2) is 24.3 Å². The molecule has 0 N–H and O–H groups in total. The first-order valence-corrected chi connectivity index (χ1v) is 10.9. The van der Waals surface area contributed by atoms with Gasteiger partial charge >= 0.3 is 17.9 Å². The SMILES string of the molecule is CC(=O)Oc1cc2c(cc1Cl)C1(OC(=O)c3c(F)c(F)c(F)c(F)c31)c1cc(Cl)c(OC(C)=O)cc1O2. The number of carbonyl (C=O) groups excluding carboxylic acids is 3. The Morgan fingerprint density at radius 1 is 0.784 bits per heavy atom. The summed E-state index contributed by atoms with van der Waals surface area (Å²) >= 11 is 12.5. The van der Waals surface area contributed by atoms with Gasteiger partial charge < -0.3 is 18.9 Å². The molecule has 0 aromatic heterocycles. The van der Waals surface area contributed by atoms with Crippen LogP contribution in [0.25, 0.3) is 0 Å². The Kier molecular flexibility index (Phi) is 5.61. The van der Waals surface area contributed by atoms with Crippen molar-refractivity contribution in [1.82, 2.24) is 0 Å². The van der Waals surface area contributed by atoms with E-state index in [1.165, 1.54) is 0 Å². The number of hydrogen-bond donors (Lipinski definition) is 0. The Labute approximate surface area is 214 Å². The van der Waals surface area contributed by atoms with Gasteiger partial charge in [0.1, 0.15) is 17.1 Å². The van der Waals surface area contributed by atoms with Crippen LogP contribution >= 0.6 is 23.2 Å². The molecule has 0 radical (unpaired) electrons. The van der Waals surface area contributed by atoms with Gasteiger partial charge in [-0.25, -0.2) is 22.4 Å². The second-order valence-corrected chi connectivity index (χ2v) is 8.74. The normalized spacial score (nSPS) is 14.3. The van der Waals surface area contributed by atoms with Crippen molar-refractivity contribution in [2.75, 3.05) is 0 Å². The summed E-state index contributed by atoms with van der Waals surface area (Å²) < 4.78 is 80.1. The summed E-state index contributed by atoms with van der Waals surface area (Å²) in [7, 11) is 0. The topological polar surface area (TPSA) is 88.1 Å². The van der Waals surface area contributed by atoms with Gasteiger partial charge in [-0.15, -0.1) is 0 Å². The van der Waals surface area contributed by atoms with Gasteiger partial charge in [-0.1, -0.05) is 23.2 Å². The van der Waals surface area contributed by atoms with Crippen molar-refractivity contribution >= 4 is 41.1 Å². The molecule has 0 unspecified atom stereocenters. The Morgan fingerprint density at radius 3 is 1.70 bits per heavy atom. The number of ether oxygens (including phenoxy) is 4. The van der Waals surface area contributed by atoms with Crippen LogP contribution in [0, 0.1) is 23.3 Å². The van der Waals surface area contributed by atoms with E-state index in [0.717, 1.165) is 38.1 Å². The number of carbonyl (C=O) groups is 3. The van der Waals surface area contributed by atoms with Gasteiger partial charge in [0.15, 0.2) is 40.4 Å². The fraction of sp³-hybridized carbons (Fsp3) is 0.125. The molecule has 37 heavy (non-hydrogen) atoms. The molecule has 0 fully saturated rings. The monoisotopic (exact) mass is 556 g/mol. The molecule has 13 heteroatoms. The molecule has 190 valence electrons. The Bertz CT molecular complexity index is 1520. The van der Waals surface area contributed by atoms with Crippen molar-refractivity contribution in [1.29, 1.82) is 0 Å². The molecular weight excluding hydrogens is 547 g/mol. The summed E-state index contributed by atoms with van der Waals surface area (Å²) in [6, 6.07) is 4.30. The van der Waals surface area contributed by atoms with Gasteiger partial charge in [-0.2, -0.15) is 0 Å². The van der Waals surface area contributed by atoms with E-state index in [-0.39, 0.29) is 44.2 Å². The summed E-state index contributed by atoms with van der Waals surface area (Å²) in [4.78, 5) is 35.8. The molecule has 3 aromatic carbocycles. The van der Waals surface area contributed by atoms with Crippen LogP contribution in [-0.2, 0) is 19.9 Å². The third-order valence-corrected chi connectivity index (χ3v) is 6.21. The molecule has 0 saturated carbocycles. The highest BCUT2D eigenvalue weighted by Gasteiger charge is 2.58. The van der Waals surface area contributed by atoms with Crippen molar-refractivity contribution < 1.29 is 50.9 Å². The fourth-order valence-corrected chi connectivity index (χ4v) is 4.70. The van der Waals surface area contributed by atoms with E-state index in [2.05, 4.69) is 0 Å². The highest BCUT2D eigenvalue weighted by molar-refractivity contribution is 6.32. The highest BCUT2D eigenvalue weighted by Crippen LogP contribution is 2.59. The molecule has 0 saturated heterocycles. The molecule has 1 spiro atoms. The van der Waals surface area contributed by atoms with Crippen LogP contribution in [0.2, 0.25) is 10.0 Å². The molecule has 0 atom stereocenters. The lowest BCUT2D eigenvalue weighted by atomic mass is 9.77. The second kappa shape index (κ2) is 8.35. The lowest BCUT2D eigenvalue weighted by Gasteiger charge is -2.37. The molecule has 2 heterocycles. The number of hydrogen-bond acceptors (Lipinski definition) is 7. The molecule has 7 nitrogen and oxygen atoms in total. The van der Waals surface area contributed by atoms with E-state index in [1.54, 1.807) is 0 Å². The lowest BCUT2D eigenvalue weighted by Crippen LogP contribution is -2.34. The molecule has 2 aliphatic rings. The van der Waals surface area contributed by atoms with Crippen molar-refractivity contribution in [2.45, 2.75) is 19.4 Å². The van der Waals surface area contributed by atoms with Crippen LogP contribution in [-0.4, -0.2) is 17.9 Å². The van der Waals surface area contributed by atoms with Gasteiger partial charge in [-0.3, -0.25) is 9.59 Å². The lowest BCUT2D eigenvalue weighted by molar-refractivity contribution is -0.132. The third-order valence-electron chi connectivity index (χ3n) is 5.62. The first kappa shape index (κ1) is 24.8. The average Bonchev–Trinajstić information content (AvgIpc) is 3.12. The van der Waals surface area contributed by atoms with Crippen LogP contribution in [0.1, 0.15) is 40.9 Å². The quantitative estimate of drug-likeness (QED) is 0.126. The summed E-state index contributed by atoms with van der Waals surface area (Å²) in [6.07, 6.45) is 0. The third kappa shape index (κ3) is 3.52. The number of halogens is 6. The maximum atomic E-state index is 15.4. The number of benzene rings is 3. The van der Waals surface area contributed by atoms with Crippen LogP contribution in [0.5, 0.6) is 23.0 Å². The summed E-state index contributed by atoms with van der Waals surface area (Å²) in [5.74, 6) is -12.3. The van der Waals surface area contributed by atoms with Crippen molar-refractivity contribution in [3.8, 4) is 23.0 Å². The molecule has 0 amide bonds. The van der Waals surface area contributed by atoms with Crippen LogP contribution < -0.4 is 14.2 Å². The largest absolute Gasteiger partial charge is 0.456 e. The summed E-state index contributed by atoms with van der Waals surface area (Å²) in [5.41, 5.74) is -5.21. The predicted molar refractivity (Wildman–Crippen MR) is 117 cm³/mol. The van der Waals surface area contributed by atoms with Crippen molar-refractivity contribution in [3.05, 3.63) is 79.8 Å². The van der Waals surface area contributed by atoms with Crippen molar-refractivity contribution in [2.24, 2.45) is 0 Å². The predicted octanol–water partition coefficient (Wildman–Crippen LogP) is 5.97. The number of fused-ring (bicyclic) bond motifs is 6. The summed E-state index contributed by atoms with van der Waals surface area (Å²) in [6.45, 7) is 2.18. The standard InChI is InChI=1S/C24H10Cl2F4O7/c1-7(31)34-15-5-13-9(3-11(15)25)24(10-4-12(26)16(35-8(2)32)6-14(10)36-13)18-17(23(33)37-24)19(27)21(29)22(30)20(18)28/h3-6H,1-2H3. The van der Waals surface area contributed by atoms with E-state index in [0.29, 0.717) is 0 Å². The smallest absolute Gasteiger partial charge is 0.343 e. The maximum Gasteiger partial charge on any atom is 0.343 e. The zero-order valence-corrected chi connectivity index (χ0v) is 19.9. The van der Waals surface area contributed by atoms with Gasteiger partial charge in [0.05, 0.1) is 15.6 Å².